The number of benzene rings is 1. The van der Waals surface area contributed by atoms with E-state index in [4.69, 9.17) is 63.2 Å². The number of nitrogens with zero attached hydrogens (tertiary/aromatic N) is 5. The summed E-state index contributed by atoms with van der Waals surface area (Å²) in [4.78, 5) is 126. The Morgan fingerprint density at radius 1 is 0.800 bits per heavy atom. The third-order valence-electron chi connectivity index (χ3n) is 20.6. The summed E-state index contributed by atoms with van der Waals surface area (Å²) in [6.45, 7) is 19.3. The van der Waals surface area contributed by atoms with Gasteiger partial charge in [-0.25, -0.2) is 9.55 Å². The number of nitrogens with one attached hydrogen (secondary N) is 2. The summed E-state index contributed by atoms with van der Waals surface area (Å²) in [6.07, 6.45) is -4.26. The van der Waals surface area contributed by atoms with Crippen LogP contribution in [0.15, 0.2) is 67.8 Å². The SMILES string of the molecule is CC1=C2N/C(=C\C3=NC(=C(\C)C4=NC(C(CC(N)=O)C4(C)CCC(=O)NCC(C)OP(=O)(O)O[C@H]4C(O)C(n5cnc6cc(C)c(C)cc65)O[C@@H]4CO)C4(C)N=C1C(CCC(N)=O)C4(C)CC(N)=O)/C(CCC(N)=O)C3(C)C)C(CCC(N)=O)C2(C)CC(N)=O. The molecule has 8 bridgehead atoms. The summed E-state index contributed by atoms with van der Waals surface area (Å²) in [5.41, 5.74) is 37.4. The molecule has 90 heavy (non-hydrogen) atoms. The summed E-state index contributed by atoms with van der Waals surface area (Å²) in [7, 11) is -5.07. The van der Waals surface area contributed by atoms with E-state index >= 15 is 0 Å². The summed E-state index contributed by atoms with van der Waals surface area (Å²) in [5.74, 6) is -7.18. The second kappa shape index (κ2) is 25.6. The molecule has 2 aromatic rings. The number of amides is 7. The zero-order chi connectivity index (χ0) is 66.7. The summed E-state index contributed by atoms with van der Waals surface area (Å²) >= 11 is 0. The largest absolute Gasteiger partial charge is 0.472 e. The van der Waals surface area contributed by atoms with E-state index in [1.807, 2.05) is 87.4 Å². The van der Waals surface area contributed by atoms with Crippen molar-refractivity contribution in [1.82, 2.24) is 20.2 Å². The summed E-state index contributed by atoms with van der Waals surface area (Å²) in [5, 5.41) is 28.2. The molecule has 7 amide bonds. The van der Waals surface area contributed by atoms with Crippen molar-refractivity contribution < 1.29 is 67.0 Å². The number of ether oxygens (including phenoxy) is 1. The fourth-order valence-electron chi connectivity index (χ4n) is 15.4. The monoisotopic (exact) mass is 1270 g/mol. The molecule has 6 aliphatic heterocycles. The van der Waals surface area contributed by atoms with Gasteiger partial charge in [0.05, 0.1) is 41.7 Å². The molecule has 0 saturated carbocycles. The predicted molar refractivity (Wildman–Crippen MR) is 334 cm³/mol. The van der Waals surface area contributed by atoms with E-state index < -0.39 is 143 Å². The Bertz CT molecular complexity index is 3540. The van der Waals surface area contributed by atoms with Crippen LogP contribution in [0.5, 0.6) is 0 Å². The minimum atomic E-state index is -5.07. The standard InChI is InChI=1S/C62H90N13O14P/c1-29-20-39-40(21-30(29)2)75(28-70-39)57-52(84)53(41(27-76)87-57)89-90(85,86)88-31(3)26-69-49(83)18-19-59(8)37(22-46(66)80)56-62(11)61(10,25-48(68)82)36(14-17-45(65)79)51(74-62)33(5)55-60(9,24-47(67)81)34(12-15-43(63)77)38(71-55)23-42-58(6,7)35(13-16-44(64)78)50(72-42)32(4)54(59)73-56/h20-21,23,28,31,34-37,41,52-53,56-57,71,76,84H,12-19,22,24-27H2,1-11H3,(H2,63,77)(H2,64,78)(H2,65,79)(H2,66,80)(H2,67,81)(H2,68,82)(H,69,83)(H,85,86)/b38-23-,50-32+,55-33?/t31?,34?,35?,36?,37?,41-,52?,53-,56?,57?,59?,60?,61?,62?/m1/s1. The van der Waals surface area contributed by atoms with Gasteiger partial charge in [0.1, 0.15) is 18.3 Å². The topological polar surface area (TPSA) is 460 Å². The molecular formula is C62H90N13O14P. The van der Waals surface area contributed by atoms with Crippen LogP contribution in [0.3, 0.4) is 0 Å². The van der Waals surface area contributed by atoms with Crippen molar-refractivity contribution in [1.29, 1.82) is 0 Å². The van der Waals surface area contributed by atoms with Gasteiger partial charge in [0.15, 0.2) is 6.23 Å². The number of aliphatic imine (C=N–C) groups is 3. The number of nitrogens with two attached hydrogens (primary N) is 6. The molecule has 0 aliphatic carbocycles. The van der Waals surface area contributed by atoms with Gasteiger partial charge < -0.3 is 69.4 Å². The van der Waals surface area contributed by atoms with Crippen LogP contribution in [-0.2, 0) is 51.9 Å². The molecule has 17 N–H and O–H groups in total. The lowest BCUT2D eigenvalue weighted by atomic mass is 9.55. The van der Waals surface area contributed by atoms with Gasteiger partial charge in [0, 0.05) is 131 Å². The van der Waals surface area contributed by atoms with Crippen molar-refractivity contribution in [3.8, 4) is 0 Å². The van der Waals surface area contributed by atoms with E-state index in [-0.39, 0.29) is 77.2 Å². The van der Waals surface area contributed by atoms with Crippen LogP contribution in [0.2, 0.25) is 0 Å². The first kappa shape index (κ1) is 68.9. The van der Waals surface area contributed by atoms with Gasteiger partial charge in [-0.2, -0.15) is 0 Å². The average Bonchev–Trinajstić information content (AvgIpc) is 1.53. The molecule has 15 atom stereocenters. The lowest BCUT2D eigenvalue weighted by molar-refractivity contribution is -0.124. The number of rotatable bonds is 26. The Morgan fingerprint density at radius 3 is 1.99 bits per heavy atom. The summed E-state index contributed by atoms with van der Waals surface area (Å²) in [6, 6.07) is 2.70. The molecule has 1 aromatic carbocycles. The van der Waals surface area contributed by atoms with Gasteiger partial charge in [-0.3, -0.25) is 57.6 Å². The predicted octanol–water partition coefficient (Wildman–Crippen LogP) is 3.16. The normalized spacial score (nSPS) is 33.4. The van der Waals surface area contributed by atoms with Crippen molar-refractivity contribution in [2.24, 2.45) is 94.7 Å². The van der Waals surface area contributed by atoms with Gasteiger partial charge >= 0.3 is 7.82 Å². The number of aliphatic hydroxyl groups excluding tert-OH is 2. The first-order valence-electron chi connectivity index (χ1n) is 30.6. The van der Waals surface area contributed by atoms with Gasteiger partial charge in [-0.1, -0.05) is 34.6 Å². The van der Waals surface area contributed by atoms with E-state index in [2.05, 4.69) is 15.6 Å². The molecule has 1 aromatic heterocycles. The van der Waals surface area contributed by atoms with Crippen molar-refractivity contribution >= 4 is 77.3 Å². The summed E-state index contributed by atoms with van der Waals surface area (Å²) < 4.78 is 32.3. The third kappa shape index (κ3) is 13.0. The maximum Gasteiger partial charge on any atom is 0.472 e. The van der Waals surface area contributed by atoms with Gasteiger partial charge in [0.25, 0.3) is 0 Å². The highest BCUT2D eigenvalue weighted by molar-refractivity contribution is 7.47. The number of hydrogen-bond donors (Lipinski definition) is 11. The number of allylic oxidation sites excluding steroid dienone is 6. The highest BCUT2D eigenvalue weighted by Crippen LogP contribution is 2.63. The van der Waals surface area contributed by atoms with E-state index in [1.54, 1.807) is 4.57 Å². The Balaban J connectivity index is 1.19. The highest BCUT2D eigenvalue weighted by Gasteiger charge is 2.66. The minimum absolute atomic E-state index is 0.0114. The van der Waals surface area contributed by atoms with Crippen molar-refractivity contribution in [3.05, 3.63) is 63.9 Å². The van der Waals surface area contributed by atoms with Crippen LogP contribution in [-0.4, -0.2) is 132 Å². The number of fused-ring (bicyclic) bond motifs is 7. The number of imidazole rings is 1. The Hall–Kier alpha value is -7.00. The van der Waals surface area contributed by atoms with E-state index in [0.29, 0.717) is 56.4 Å². The Kier molecular flexibility index (Phi) is 19.6. The number of aromatic nitrogens is 2. The lowest BCUT2D eigenvalue weighted by Gasteiger charge is -2.48. The number of carbonyl (C=O) groups excluding carboxylic acids is 7. The van der Waals surface area contributed by atoms with Crippen LogP contribution in [0.4, 0.5) is 0 Å². The molecule has 0 radical (unpaired) electrons. The fraction of sp³-hybridized carbons (Fsp3) is 0.629. The first-order valence-corrected chi connectivity index (χ1v) is 32.1. The molecule has 27 nitrogen and oxygen atoms in total. The van der Waals surface area contributed by atoms with Crippen LogP contribution >= 0.6 is 7.82 Å². The number of aryl methyl sites for hydroxylation is 2. The molecule has 6 aliphatic rings. The number of phosphoric ester groups is 1. The number of carbonyl (C=O) groups is 7. The van der Waals surface area contributed by atoms with Gasteiger partial charge in [-0.05, 0) is 108 Å². The van der Waals surface area contributed by atoms with Crippen LogP contribution in [0.1, 0.15) is 150 Å². The molecular weight excluding hydrogens is 1180 g/mol. The molecule has 2 saturated heterocycles. The van der Waals surface area contributed by atoms with Crippen LogP contribution < -0.4 is 45.0 Å². The van der Waals surface area contributed by atoms with Crippen molar-refractivity contribution in [3.63, 3.8) is 0 Å². The lowest BCUT2D eigenvalue weighted by Crippen LogP contribution is -2.56. The maximum atomic E-state index is 14.4. The van der Waals surface area contributed by atoms with Crippen molar-refractivity contribution in [2.75, 3.05) is 13.2 Å². The molecule has 13 unspecified atom stereocenters. The van der Waals surface area contributed by atoms with E-state index in [1.165, 1.54) is 13.3 Å². The Labute approximate surface area is 523 Å². The smallest absolute Gasteiger partial charge is 0.394 e. The zero-order valence-corrected chi connectivity index (χ0v) is 54.1. The number of hydrogen-bond acceptors (Lipinski definition) is 18. The average molecular weight is 1270 g/mol. The first-order chi connectivity index (χ1) is 41.8. The van der Waals surface area contributed by atoms with Gasteiger partial charge in [-0.15, -0.1) is 0 Å². The molecule has 28 heteroatoms. The van der Waals surface area contributed by atoms with E-state index in [9.17, 15) is 53.2 Å². The maximum absolute atomic E-state index is 14.4. The second-order valence-electron chi connectivity index (χ2n) is 27.1. The van der Waals surface area contributed by atoms with E-state index in [0.717, 1.165) is 11.1 Å². The quantitative estimate of drug-likeness (QED) is 0.0603. The van der Waals surface area contributed by atoms with Crippen LogP contribution in [0.25, 0.3) is 11.0 Å². The molecule has 0 spiro atoms. The second-order valence-corrected chi connectivity index (χ2v) is 28.4. The number of aliphatic hydroxyl groups is 2. The minimum Gasteiger partial charge on any atom is -0.394 e. The zero-order valence-electron chi connectivity index (χ0n) is 53.3. The number of phosphoric acid groups is 1. The Morgan fingerprint density at radius 2 is 1.40 bits per heavy atom. The molecule has 2 fully saturated rings. The van der Waals surface area contributed by atoms with Crippen LogP contribution in [0, 0.1) is 59.2 Å². The van der Waals surface area contributed by atoms with Gasteiger partial charge in [0.2, 0.25) is 41.4 Å². The highest BCUT2D eigenvalue weighted by atomic mass is 31.2. The molecule has 8 rings (SSSR count). The van der Waals surface area contributed by atoms with Crippen molar-refractivity contribution in [2.45, 2.75) is 189 Å². The number of primary amides is 6. The third-order valence-corrected chi connectivity index (χ3v) is 21.7. The molecule has 7 heterocycles. The fourth-order valence-corrected chi connectivity index (χ4v) is 16.6. The molecule has 492 valence electrons.